The average molecular weight is 609 g/mol. The molecular weight excluding hydrogens is 569 g/mol. The Morgan fingerprint density at radius 3 is 1.35 bits per heavy atom. The smallest absolute Gasteiger partial charge is 0.179 e. The summed E-state index contributed by atoms with van der Waals surface area (Å²) in [5, 5.41) is 2.51. The summed E-state index contributed by atoms with van der Waals surface area (Å²) in [7, 11) is 4.29. The third-order valence-corrected chi connectivity index (χ3v) is 10.6. The Labute approximate surface area is 264 Å². The fourth-order valence-corrected chi connectivity index (χ4v) is 8.20. The van der Waals surface area contributed by atoms with E-state index in [0.717, 1.165) is 13.1 Å². The van der Waals surface area contributed by atoms with Gasteiger partial charge >= 0.3 is 0 Å². The van der Waals surface area contributed by atoms with Crippen LogP contribution in [0.3, 0.4) is 0 Å². The van der Waals surface area contributed by atoms with E-state index in [2.05, 4.69) is 146 Å². The topological polar surface area (TPSA) is 23.5 Å². The maximum absolute atomic E-state index is 6.15. The predicted octanol–water partition coefficient (Wildman–Crippen LogP) is 7.29. The van der Waals surface area contributed by atoms with Gasteiger partial charge in [0.25, 0.3) is 0 Å². The molecule has 0 N–H and O–H groups in total. The van der Waals surface area contributed by atoms with E-state index in [1.54, 1.807) is 0 Å². The maximum atomic E-state index is 6.15. The van der Waals surface area contributed by atoms with Crippen LogP contribution in [0.1, 0.15) is 33.9 Å². The quantitative estimate of drug-likeness (QED) is 0.154. The summed E-state index contributed by atoms with van der Waals surface area (Å²) in [5.41, 5.74) is 10.0. The molecule has 0 saturated heterocycles. The lowest BCUT2D eigenvalue weighted by Crippen LogP contribution is -2.44. The summed E-state index contributed by atoms with van der Waals surface area (Å²) in [6, 6.07) is 26.3. The SMILES string of the molecule is Cc1cc(/C=C2/Sc3ccccc3N2C)cc(C)[n+]1CCOCC[n+]1c(C)cc(/C=C2/Sc3ccccc3N2C)cc1C. The van der Waals surface area contributed by atoms with E-state index in [4.69, 9.17) is 4.74 Å². The van der Waals surface area contributed by atoms with Gasteiger partial charge in [-0.25, -0.2) is 0 Å². The molecule has 2 aromatic carbocycles. The van der Waals surface area contributed by atoms with Gasteiger partial charge in [0.2, 0.25) is 0 Å². The van der Waals surface area contributed by atoms with Crippen LogP contribution in [-0.4, -0.2) is 27.3 Å². The number of aryl methyl sites for hydroxylation is 4. The molecule has 0 spiro atoms. The maximum Gasteiger partial charge on any atom is 0.179 e. The first-order valence-corrected chi connectivity index (χ1v) is 16.5. The van der Waals surface area contributed by atoms with Gasteiger partial charge in [0.1, 0.15) is 13.2 Å². The molecule has 0 radical (unpaired) electrons. The van der Waals surface area contributed by atoms with E-state index in [1.807, 2.05) is 23.5 Å². The number of hydrogen-bond donors (Lipinski definition) is 0. The number of hydrogen-bond acceptors (Lipinski definition) is 5. The Morgan fingerprint density at radius 2 is 0.977 bits per heavy atom. The molecule has 0 bridgehead atoms. The molecule has 0 aliphatic carbocycles. The number of nitrogens with zero attached hydrogens (tertiary/aromatic N) is 4. The zero-order valence-electron chi connectivity index (χ0n) is 25.9. The van der Waals surface area contributed by atoms with Crippen LogP contribution in [0.2, 0.25) is 0 Å². The van der Waals surface area contributed by atoms with Crippen molar-refractivity contribution < 1.29 is 13.9 Å². The third-order valence-electron chi connectivity index (χ3n) is 8.25. The zero-order chi connectivity index (χ0) is 30.1. The number of rotatable bonds is 8. The van der Waals surface area contributed by atoms with Crippen molar-refractivity contribution in [3.05, 3.63) is 117 Å². The number of thioether (sulfide) groups is 2. The average Bonchev–Trinajstić information content (AvgIpc) is 3.46. The summed E-state index contributed by atoms with van der Waals surface area (Å²) >= 11 is 3.66. The number of pyridine rings is 2. The van der Waals surface area contributed by atoms with Crippen LogP contribution in [-0.2, 0) is 17.8 Å². The van der Waals surface area contributed by atoms with Gasteiger partial charge in [-0.05, 0) is 47.5 Å². The van der Waals surface area contributed by atoms with Crippen molar-refractivity contribution in [2.45, 2.75) is 50.6 Å². The minimum Gasteiger partial charge on any atom is -0.368 e. The fourth-order valence-electron chi connectivity index (χ4n) is 5.98. The third kappa shape index (κ3) is 6.26. The van der Waals surface area contributed by atoms with Crippen LogP contribution in [0.4, 0.5) is 11.4 Å². The highest BCUT2D eigenvalue weighted by Crippen LogP contribution is 2.46. The van der Waals surface area contributed by atoms with Crippen LogP contribution in [0.15, 0.2) is 92.6 Å². The van der Waals surface area contributed by atoms with Gasteiger partial charge in [-0.15, -0.1) is 0 Å². The van der Waals surface area contributed by atoms with Gasteiger partial charge in [-0.3, -0.25) is 0 Å². The minimum absolute atomic E-state index is 0.688. The summed E-state index contributed by atoms with van der Waals surface area (Å²) in [4.78, 5) is 7.18. The number of para-hydroxylation sites is 2. The molecule has 6 rings (SSSR count). The van der Waals surface area contributed by atoms with Crippen molar-refractivity contribution in [1.82, 2.24) is 0 Å². The molecular formula is C36H40N4OS2+2. The molecule has 2 aliphatic heterocycles. The molecule has 0 saturated carbocycles. The van der Waals surface area contributed by atoms with E-state index in [1.165, 1.54) is 65.1 Å². The van der Waals surface area contributed by atoms with Crippen molar-refractivity contribution in [3.8, 4) is 0 Å². The molecule has 220 valence electrons. The summed E-state index contributed by atoms with van der Waals surface area (Å²) in [5.74, 6) is 0. The highest BCUT2D eigenvalue weighted by molar-refractivity contribution is 8.04. The summed E-state index contributed by atoms with van der Waals surface area (Å²) < 4.78 is 10.9. The van der Waals surface area contributed by atoms with Crippen LogP contribution in [0.5, 0.6) is 0 Å². The lowest BCUT2D eigenvalue weighted by atomic mass is 10.1. The normalized spacial score (nSPS) is 16.0. The van der Waals surface area contributed by atoms with E-state index in [9.17, 15) is 0 Å². The molecule has 0 fully saturated rings. The van der Waals surface area contributed by atoms with E-state index in [-0.39, 0.29) is 0 Å². The highest BCUT2D eigenvalue weighted by atomic mass is 32.2. The molecule has 2 aromatic heterocycles. The molecule has 0 atom stereocenters. The van der Waals surface area contributed by atoms with Crippen LogP contribution >= 0.6 is 23.5 Å². The molecule has 4 heterocycles. The molecule has 43 heavy (non-hydrogen) atoms. The van der Waals surface area contributed by atoms with Gasteiger partial charge in [0.05, 0.1) is 21.4 Å². The van der Waals surface area contributed by atoms with Gasteiger partial charge in [-0.2, -0.15) is 9.13 Å². The second-order valence-electron chi connectivity index (χ2n) is 11.3. The molecule has 2 aliphatic rings. The van der Waals surface area contributed by atoms with Crippen molar-refractivity contribution in [3.63, 3.8) is 0 Å². The largest absolute Gasteiger partial charge is 0.368 e. The first kappa shape index (κ1) is 29.5. The Morgan fingerprint density at radius 1 is 0.605 bits per heavy atom. The fraction of sp³-hybridized carbons (Fsp3) is 0.278. The van der Waals surface area contributed by atoms with Crippen molar-refractivity contribution >= 4 is 47.1 Å². The molecule has 0 amide bonds. The Bertz CT molecular complexity index is 1570. The molecule has 0 unspecified atom stereocenters. The van der Waals surface area contributed by atoms with Crippen LogP contribution in [0.25, 0.3) is 12.2 Å². The van der Waals surface area contributed by atoms with Crippen LogP contribution < -0.4 is 18.9 Å². The van der Waals surface area contributed by atoms with Gasteiger partial charge in [0, 0.05) is 75.8 Å². The Hall–Kier alpha value is -3.52. The van der Waals surface area contributed by atoms with Crippen molar-refractivity contribution in [1.29, 1.82) is 0 Å². The van der Waals surface area contributed by atoms with Gasteiger partial charge in [0.15, 0.2) is 35.9 Å². The molecule has 4 aromatic rings. The van der Waals surface area contributed by atoms with Crippen molar-refractivity contribution in [2.75, 3.05) is 37.1 Å². The number of anilines is 2. The number of aromatic nitrogens is 2. The highest BCUT2D eigenvalue weighted by Gasteiger charge is 2.23. The minimum atomic E-state index is 0.688. The van der Waals surface area contributed by atoms with Gasteiger partial charge in [-0.1, -0.05) is 47.8 Å². The monoisotopic (exact) mass is 608 g/mol. The predicted molar refractivity (Wildman–Crippen MR) is 180 cm³/mol. The number of fused-ring (bicyclic) bond motifs is 2. The zero-order valence-corrected chi connectivity index (χ0v) is 27.6. The van der Waals surface area contributed by atoms with Crippen LogP contribution in [0, 0.1) is 27.7 Å². The lowest BCUT2D eigenvalue weighted by Gasteiger charge is -2.13. The second kappa shape index (κ2) is 12.6. The first-order valence-electron chi connectivity index (χ1n) is 14.8. The Kier molecular flexibility index (Phi) is 8.66. The van der Waals surface area contributed by atoms with Gasteiger partial charge < -0.3 is 14.5 Å². The lowest BCUT2D eigenvalue weighted by molar-refractivity contribution is -0.716. The van der Waals surface area contributed by atoms with E-state index in [0.29, 0.717) is 13.2 Å². The van der Waals surface area contributed by atoms with E-state index >= 15 is 0 Å². The standard InChI is InChI=1S/C36H40N4OS2/c1-25-19-29(23-35-37(5)31-11-7-9-13-33(31)42-35)20-26(2)39(25)15-17-41-18-16-40-27(3)21-30(22-28(40)4)24-36-38(6)32-12-8-10-14-34(32)43-36/h7-14,19-24H,15-18H2,1-6H3/q+2. The second-order valence-corrected chi connectivity index (χ2v) is 13.4. The Balaban J connectivity index is 1.03. The number of benzene rings is 2. The summed E-state index contributed by atoms with van der Waals surface area (Å²) in [6.07, 6.45) is 4.58. The van der Waals surface area contributed by atoms with Crippen molar-refractivity contribution in [2.24, 2.45) is 0 Å². The molecule has 5 nitrogen and oxygen atoms in total. The number of ether oxygens (including phenoxy) is 1. The first-order chi connectivity index (χ1) is 20.8. The van der Waals surface area contributed by atoms with E-state index < -0.39 is 0 Å². The molecule has 7 heteroatoms. The summed E-state index contributed by atoms with van der Waals surface area (Å²) in [6.45, 7) is 11.8.